The van der Waals surface area contributed by atoms with Crippen LogP contribution in [-0.2, 0) is 30.7 Å². The fourth-order valence-corrected chi connectivity index (χ4v) is 6.15. The van der Waals surface area contributed by atoms with Crippen LogP contribution in [0.2, 0.25) is 0 Å². The molecule has 0 aliphatic carbocycles. The van der Waals surface area contributed by atoms with Crippen molar-refractivity contribution < 1.29 is 42.1 Å². The summed E-state index contributed by atoms with van der Waals surface area (Å²) in [4.78, 5) is 41.9. The molecule has 2 aliphatic rings. The molecule has 13 nitrogen and oxygen atoms in total. The number of carbonyl (C=O) groups excluding carboxylic acids is 2. The molecule has 0 spiro atoms. The lowest BCUT2D eigenvalue weighted by molar-refractivity contribution is -0.138. The van der Waals surface area contributed by atoms with E-state index in [1.165, 1.54) is 0 Å². The van der Waals surface area contributed by atoms with Crippen LogP contribution in [0.3, 0.4) is 0 Å². The van der Waals surface area contributed by atoms with E-state index in [9.17, 15) is 27.9 Å². The van der Waals surface area contributed by atoms with Crippen LogP contribution in [0.25, 0.3) is 0 Å². The van der Waals surface area contributed by atoms with Gasteiger partial charge in [-0.1, -0.05) is 25.5 Å². The zero-order valence-electron chi connectivity index (χ0n) is 25.6. The average Bonchev–Trinajstić information content (AvgIpc) is 3.29. The third-order valence-corrected chi connectivity index (χ3v) is 8.53. The summed E-state index contributed by atoms with van der Waals surface area (Å²) in [7, 11) is -3.69. The van der Waals surface area contributed by atoms with Crippen molar-refractivity contribution in [3.63, 3.8) is 0 Å². The summed E-state index contributed by atoms with van der Waals surface area (Å²) in [5.41, 5.74) is 0.127. The van der Waals surface area contributed by atoms with Gasteiger partial charge in [-0.3, -0.25) is 9.69 Å². The molecule has 2 N–H and O–H groups in total. The van der Waals surface area contributed by atoms with Gasteiger partial charge < -0.3 is 29.1 Å². The van der Waals surface area contributed by atoms with Crippen molar-refractivity contribution in [3.05, 3.63) is 29.8 Å². The number of hydrogen-bond donors (Lipinski definition) is 2. The topological polar surface area (TPSA) is 155 Å². The highest BCUT2D eigenvalue weighted by Crippen LogP contribution is 2.18. The lowest BCUT2D eigenvalue weighted by Gasteiger charge is -2.35. The van der Waals surface area contributed by atoms with Gasteiger partial charge in [-0.2, -0.15) is 0 Å². The number of amides is 2. The van der Waals surface area contributed by atoms with Gasteiger partial charge in [-0.15, -0.1) is 0 Å². The van der Waals surface area contributed by atoms with Gasteiger partial charge in [0.1, 0.15) is 24.0 Å². The minimum atomic E-state index is -3.69. The molecular weight excluding hydrogens is 580 g/mol. The monoisotopic (exact) mass is 626 g/mol. The molecule has 2 unspecified atom stereocenters. The van der Waals surface area contributed by atoms with Crippen LogP contribution in [0.4, 0.5) is 9.59 Å². The fraction of sp³-hybridized carbons (Fsp3) is 0.690. The Bertz CT molecular complexity index is 1180. The number of nitrogens with zero attached hydrogens (tertiary/aromatic N) is 3. The molecule has 0 saturated carbocycles. The number of piperazine rings is 1. The molecule has 43 heavy (non-hydrogen) atoms. The number of rotatable bonds is 15. The maximum absolute atomic E-state index is 12.3. The van der Waals surface area contributed by atoms with Gasteiger partial charge in [0.05, 0.1) is 12.3 Å². The molecule has 2 atom stereocenters. The van der Waals surface area contributed by atoms with E-state index in [1.54, 1.807) is 34.1 Å². The number of benzene rings is 1. The van der Waals surface area contributed by atoms with E-state index in [4.69, 9.17) is 14.2 Å². The van der Waals surface area contributed by atoms with E-state index in [-0.39, 0.29) is 31.0 Å². The van der Waals surface area contributed by atoms with Crippen molar-refractivity contribution in [1.29, 1.82) is 0 Å². The molecule has 2 fully saturated rings. The van der Waals surface area contributed by atoms with Crippen molar-refractivity contribution in [2.45, 2.75) is 71.1 Å². The number of cyclic esters (lactones) is 1. The molecule has 14 heteroatoms. The van der Waals surface area contributed by atoms with Crippen molar-refractivity contribution in [2.75, 3.05) is 58.2 Å². The Hall–Kier alpha value is -3.10. The lowest BCUT2D eigenvalue weighted by Crippen LogP contribution is -2.50. The highest BCUT2D eigenvalue weighted by atomic mass is 32.2. The maximum Gasteiger partial charge on any atom is 0.410 e. The molecule has 0 aromatic heterocycles. The second-order valence-electron chi connectivity index (χ2n) is 12.0. The van der Waals surface area contributed by atoms with Gasteiger partial charge in [-0.25, -0.2) is 22.7 Å². The van der Waals surface area contributed by atoms with Crippen LogP contribution in [0.5, 0.6) is 5.75 Å². The normalized spacial score (nSPS) is 18.8. The van der Waals surface area contributed by atoms with Gasteiger partial charge in [0.15, 0.2) is 6.10 Å². The minimum Gasteiger partial charge on any atom is -0.490 e. The first kappa shape index (κ1) is 34.4. The molecule has 1 aromatic carbocycles. The lowest BCUT2D eigenvalue weighted by atomic mass is 10.1. The number of ether oxygens (including phenoxy) is 3. The molecule has 3 rings (SSSR count). The summed E-state index contributed by atoms with van der Waals surface area (Å²) < 4.78 is 43.3. The third-order valence-electron chi connectivity index (χ3n) is 7.06. The number of carboxylic acid groups (broad SMARTS) is 1. The summed E-state index contributed by atoms with van der Waals surface area (Å²) in [6.07, 6.45) is 0.844. The van der Waals surface area contributed by atoms with E-state index >= 15 is 0 Å². The first-order valence-electron chi connectivity index (χ1n) is 14.8. The maximum atomic E-state index is 12.3. The van der Waals surface area contributed by atoms with Gasteiger partial charge in [-0.05, 0) is 64.3 Å². The Morgan fingerprint density at radius 2 is 1.77 bits per heavy atom. The highest BCUT2D eigenvalue weighted by Gasteiger charge is 2.32. The number of unbranched alkanes of at least 4 members (excludes halogenated alkanes) is 1. The summed E-state index contributed by atoms with van der Waals surface area (Å²) >= 11 is 0. The van der Waals surface area contributed by atoms with Crippen molar-refractivity contribution in [1.82, 2.24) is 19.4 Å². The number of hydrogen-bond acceptors (Lipinski definition) is 9. The van der Waals surface area contributed by atoms with Crippen LogP contribution in [0, 0.1) is 0 Å². The van der Waals surface area contributed by atoms with Crippen LogP contribution in [0.1, 0.15) is 52.5 Å². The Morgan fingerprint density at radius 1 is 1.09 bits per heavy atom. The van der Waals surface area contributed by atoms with Crippen molar-refractivity contribution in [2.24, 2.45) is 0 Å². The van der Waals surface area contributed by atoms with Gasteiger partial charge >= 0.3 is 18.2 Å². The summed E-state index contributed by atoms with van der Waals surface area (Å²) in [5.74, 6) is -0.828. The SMILES string of the molecule is CCCCS(=O)(=O)NC(Cc1ccc(OCC2CN(CCCN3CCN(C(=O)OC(C)(C)C)CC3)C(=O)O2)cc1)C(=O)O. The summed E-state index contributed by atoms with van der Waals surface area (Å²) in [5, 5.41) is 9.49. The Morgan fingerprint density at radius 3 is 2.37 bits per heavy atom. The molecule has 1 aromatic rings. The average molecular weight is 627 g/mol. The first-order valence-corrected chi connectivity index (χ1v) is 16.5. The predicted molar refractivity (Wildman–Crippen MR) is 160 cm³/mol. The zero-order chi connectivity index (χ0) is 31.6. The van der Waals surface area contributed by atoms with Gasteiger partial charge in [0.25, 0.3) is 0 Å². The predicted octanol–water partition coefficient (Wildman–Crippen LogP) is 2.54. The number of nitrogens with one attached hydrogen (secondary N) is 1. The van der Waals surface area contributed by atoms with Crippen molar-refractivity contribution >= 4 is 28.2 Å². The molecule has 0 bridgehead atoms. The largest absolute Gasteiger partial charge is 0.490 e. The van der Waals surface area contributed by atoms with Crippen molar-refractivity contribution in [3.8, 4) is 5.75 Å². The zero-order valence-corrected chi connectivity index (χ0v) is 26.4. The van der Waals surface area contributed by atoms with E-state index < -0.39 is 33.7 Å². The molecule has 0 radical (unpaired) electrons. The number of carboxylic acids is 1. The molecule has 242 valence electrons. The molecular formula is C29H46N4O9S. The van der Waals surface area contributed by atoms with Crippen LogP contribution >= 0.6 is 0 Å². The highest BCUT2D eigenvalue weighted by molar-refractivity contribution is 7.89. The molecule has 2 amide bonds. The second kappa shape index (κ2) is 15.6. The molecule has 2 aliphatic heterocycles. The standard InChI is InChI=1S/C29H46N4O9S/c1-5-6-18-43(38,39)30-25(26(34)35)19-22-8-10-23(11-9-22)40-21-24-20-33(27(36)41-24)13-7-12-31-14-16-32(17-15-31)28(37)42-29(2,3)4/h8-11,24-25,30H,5-7,12-21H2,1-4H3,(H,34,35). The van der Waals surface area contributed by atoms with Gasteiger partial charge in [0.2, 0.25) is 10.0 Å². The Kier molecular flexibility index (Phi) is 12.5. The third kappa shape index (κ3) is 11.8. The molecule has 2 saturated heterocycles. The summed E-state index contributed by atoms with van der Waals surface area (Å²) in [6, 6.07) is 5.46. The number of sulfonamides is 1. The second-order valence-corrected chi connectivity index (χ2v) is 13.8. The minimum absolute atomic E-state index is 0.00437. The Labute approximate surface area is 254 Å². The number of aliphatic carboxylic acids is 1. The van der Waals surface area contributed by atoms with E-state index in [0.717, 1.165) is 26.1 Å². The van der Waals surface area contributed by atoms with E-state index in [0.29, 0.717) is 50.3 Å². The van der Waals surface area contributed by atoms with E-state index in [2.05, 4.69) is 9.62 Å². The van der Waals surface area contributed by atoms with Crippen LogP contribution in [-0.4, -0.2) is 122 Å². The number of carbonyl (C=O) groups is 3. The van der Waals surface area contributed by atoms with E-state index in [1.807, 2.05) is 27.7 Å². The quantitative estimate of drug-likeness (QED) is 0.297. The first-order chi connectivity index (χ1) is 20.2. The Balaban J connectivity index is 1.36. The van der Waals surface area contributed by atoms with Crippen LogP contribution < -0.4 is 9.46 Å². The van der Waals surface area contributed by atoms with Gasteiger partial charge in [0, 0.05) is 32.7 Å². The smallest absolute Gasteiger partial charge is 0.410 e. The van der Waals surface area contributed by atoms with Crippen LogP contribution in [0.15, 0.2) is 24.3 Å². The fourth-order valence-electron chi connectivity index (χ4n) is 4.75. The summed E-state index contributed by atoms with van der Waals surface area (Å²) in [6.45, 7) is 12.1. The molecule has 2 heterocycles.